The average Bonchev–Trinajstić information content (AvgIpc) is 2.42. The molecule has 64 valence electrons. The smallest absolute Gasteiger partial charge is 0.228 e. The summed E-state index contributed by atoms with van der Waals surface area (Å²) in [5.41, 5.74) is -0.290. The van der Waals surface area contributed by atoms with Gasteiger partial charge in [-0.2, -0.15) is 0 Å². The van der Waals surface area contributed by atoms with Crippen LogP contribution in [0.4, 0.5) is 0 Å². The lowest BCUT2D eigenvalue weighted by molar-refractivity contribution is -0.119. The molecule has 0 saturated carbocycles. The lowest BCUT2D eigenvalue weighted by atomic mass is 9.90. The van der Waals surface area contributed by atoms with E-state index in [1.807, 2.05) is 32.9 Å². The van der Waals surface area contributed by atoms with Crippen LogP contribution in [0.3, 0.4) is 0 Å². The van der Waals surface area contributed by atoms with E-state index in [4.69, 9.17) is 11.6 Å². The van der Waals surface area contributed by atoms with E-state index in [-0.39, 0.29) is 10.7 Å². The van der Waals surface area contributed by atoms with E-state index >= 15 is 0 Å². The lowest BCUT2D eigenvalue weighted by Crippen LogP contribution is -2.19. The zero-order valence-corrected chi connectivity index (χ0v) is 8.11. The van der Waals surface area contributed by atoms with E-state index in [1.165, 1.54) is 0 Å². The van der Waals surface area contributed by atoms with Gasteiger partial charge in [-0.1, -0.05) is 32.9 Å². The average molecular weight is 175 g/mol. The minimum absolute atomic E-state index is 0.215. The highest BCUT2D eigenvalue weighted by molar-refractivity contribution is 6.64. The Morgan fingerprint density at radius 2 is 1.73 bits per heavy atom. The molecule has 1 rings (SSSR count). The van der Waals surface area contributed by atoms with E-state index in [1.54, 1.807) is 0 Å². The van der Waals surface area contributed by atoms with Crippen molar-refractivity contribution >= 4 is 16.8 Å². The molecule has 0 atom stereocenters. The Bertz CT molecular complexity index is 153. The summed E-state index contributed by atoms with van der Waals surface area (Å²) in [5, 5.41) is -0.215. The summed E-state index contributed by atoms with van der Waals surface area (Å²) >= 11 is 5.35. The van der Waals surface area contributed by atoms with Crippen molar-refractivity contribution in [1.82, 2.24) is 0 Å². The largest absolute Gasteiger partial charge is 0.281 e. The molecule has 0 aromatic heterocycles. The van der Waals surface area contributed by atoms with E-state index in [0.717, 1.165) is 12.8 Å². The third-order valence-electron chi connectivity index (χ3n) is 1.78. The summed E-state index contributed by atoms with van der Waals surface area (Å²) < 4.78 is 0. The molecule has 0 fully saturated rings. The van der Waals surface area contributed by atoms with Gasteiger partial charge in [0.05, 0.1) is 0 Å². The number of hydrogen-bond acceptors (Lipinski definition) is 1. The fourth-order valence-electron chi connectivity index (χ4n) is 0.931. The Labute approximate surface area is 73.4 Å². The minimum atomic E-state index is -0.290. The van der Waals surface area contributed by atoms with E-state index in [2.05, 4.69) is 0 Å². The van der Waals surface area contributed by atoms with E-state index in [9.17, 15) is 4.79 Å². The van der Waals surface area contributed by atoms with Crippen molar-refractivity contribution in [2.75, 3.05) is 0 Å². The van der Waals surface area contributed by atoms with Crippen molar-refractivity contribution in [2.45, 2.75) is 33.6 Å². The Kier molecular flexibility index (Phi) is 4.43. The Balaban J connectivity index is 0.000000461. The first kappa shape index (κ1) is 10.7. The molecule has 11 heavy (non-hydrogen) atoms. The molecule has 1 aliphatic carbocycles. The summed E-state index contributed by atoms with van der Waals surface area (Å²) in [7, 11) is 0. The highest BCUT2D eigenvalue weighted by Gasteiger charge is 2.31. The number of allylic oxidation sites excluding steroid dienone is 2. The molecular formula is C9H15ClO. The molecule has 0 amide bonds. The summed E-state index contributed by atoms with van der Waals surface area (Å²) in [6, 6.07) is 0. The standard InChI is InChI=1S/C7H9ClO.C2H6/c1-7(6(8)9)4-2-3-5-7;1-2/h2-3H,4-5H2,1H3;1-2H3. The summed E-state index contributed by atoms with van der Waals surface area (Å²) in [5.74, 6) is 0. The molecule has 1 nitrogen and oxygen atoms in total. The number of halogens is 1. The maximum atomic E-state index is 10.7. The normalized spacial score (nSPS) is 18.9. The van der Waals surface area contributed by atoms with Gasteiger partial charge in [0.25, 0.3) is 0 Å². The Morgan fingerprint density at radius 3 is 1.91 bits per heavy atom. The third-order valence-corrected chi connectivity index (χ3v) is 2.23. The molecule has 0 aliphatic heterocycles. The molecule has 0 spiro atoms. The maximum Gasteiger partial charge on any atom is 0.228 e. The monoisotopic (exact) mass is 174 g/mol. The van der Waals surface area contributed by atoms with Crippen molar-refractivity contribution < 1.29 is 4.79 Å². The van der Waals surface area contributed by atoms with Gasteiger partial charge in [0.2, 0.25) is 5.24 Å². The van der Waals surface area contributed by atoms with Gasteiger partial charge in [-0.15, -0.1) is 0 Å². The molecule has 0 heterocycles. The Hall–Kier alpha value is -0.300. The van der Waals surface area contributed by atoms with Crippen molar-refractivity contribution in [3.05, 3.63) is 12.2 Å². The van der Waals surface area contributed by atoms with Gasteiger partial charge in [0.1, 0.15) is 0 Å². The van der Waals surface area contributed by atoms with Crippen LogP contribution in [0.15, 0.2) is 12.2 Å². The second kappa shape index (κ2) is 4.55. The summed E-state index contributed by atoms with van der Waals surface area (Å²) in [6.07, 6.45) is 5.60. The highest BCUT2D eigenvalue weighted by Crippen LogP contribution is 2.34. The molecule has 0 N–H and O–H groups in total. The minimum Gasteiger partial charge on any atom is -0.281 e. The first-order valence-electron chi connectivity index (χ1n) is 4.00. The summed E-state index contributed by atoms with van der Waals surface area (Å²) in [6.45, 7) is 5.89. The number of rotatable bonds is 1. The fraction of sp³-hybridized carbons (Fsp3) is 0.667. The van der Waals surface area contributed by atoms with Crippen LogP contribution in [0, 0.1) is 5.41 Å². The molecule has 2 heteroatoms. The van der Waals surface area contributed by atoms with Crippen LogP contribution in [0.1, 0.15) is 33.6 Å². The molecule has 1 aliphatic rings. The molecule has 0 saturated heterocycles. The molecule has 0 radical (unpaired) electrons. The third kappa shape index (κ3) is 2.66. The van der Waals surface area contributed by atoms with Crippen molar-refractivity contribution in [1.29, 1.82) is 0 Å². The predicted molar refractivity (Wildman–Crippen MR) is 48.7 cm³/mol. The van der Waals surface area contributed by atoms with Crippen molar-refractivity contribution in [2.24, 2.45) is 5.41 Å². The van der Waals surface area contributed by atoms with Crippen LogP contribution in [0.25, 0.3) is 0 Å². The topological polar surface area (TPSA) is 17.1 Å². The Morgan fingerprint density at radius 1 is 1.36 bits per heavy atom. The first-order chi connectivity index (χ1) is 5.15. The zero-order valence-electron chi connectivity index (χ0n) is 7.36. The quantitative estimate of drug-likeness (QED) is 0.441. The van der Waals surface area contributed by atoms with Gasteiger partial charge < -0.3 is 0 Å². The molecular weight excluding hydrogens is 160 g/mol. The fourth-order valence-corrected chi connectivity index (χ4v) is 1.09. The molecule has 0 aromatic carbocycles. The second-order valence-electron chi connectivity index (χ2n) is 2.71. The van der Waals surface area contributed by atoms with Crippen LogP contribution < -0.4 is 0 Å². The van der Waals surface area contributed by atoms with E-state index < -0.39 is 0 Å². The van der Waals surface area contributed by atoms with E-state index in [0.29, 0.717) is 0 Å². The van der Waals surface area contributed by atoms with Gasteiger partial charge in [-0.3, -0.25) is 4.79 Å². The maximum absolute atomic E-state index is 10.7. The molecule has 0 aromatic rings. The highest BCUT2D eigenvalue weighted by atomic mass is 35.5. The van der Waals surface area contributed by atoms with Gasteiger partial charge in [-0.05, 0) is 24.4 Å². The van der Waals surface area contributed by atoms with Gasteiger partial charge in [-0.25, -0.2) is 0 Å². The lowest BCUT2D eigenvalue weighted by Gasteiger charge is -2.16. The van der Waals surface area contributed by atoms with Crippen LogP contribution in [-0.4, -0.2) is 5.24 Å². The van der Waals surface area contributed by atoms with Crippen molar-refractivity contribution in [3.63, 3.8) is 0 Å². The number of hydrogen-bond donors (Lipinski definition) is 0. The van der Waals surface area contributed by atoms with Gasteiger partial charge in [0, 0.05) is 5.41 Å². The van der Waals surface area contributed by atoms with Gasteiger partial charge in [0.15, 0.2) is 0 Å². The van der Waals surface area contributed by atoms with Gasteiger partial charge >= 0.3 is 0 Å². The van der Waals surface area contributed by atoms with Crippen LogP contribution >= 0.6 is 11.6 Å². The second-order valence-corrected chi connectivity index (χ2v) is 3.06. The van der Waals surface area contributed by atoms with Crippen LogP contribution in [-0.2, 0) is 4.79 Å². The molecule has 0 unspecified atom stereocenters. The first-order valence-corrected chi connectivity index (χ1v) is 4.38. The predicted octanol–water partition coefficient (Wildman–Crippen LogP) is 3.13. The van der Waals surface area contributed by atoms with Crippen molar-refractivity contribution in [3.8, 4) is 0 Å². The molecule has 0 bridgehead atoms. The number of carbonyl (C=O) groups excluding carboxylic acids is 1. The summed E-state index contributed by atoms with van der Waals surface area (Å²) in [4.78, 5) is 10.7. The zero-order chi connectivity index (χ0) is 8.91. The van der Waals surface area contributed by atoms with Crippen LogP contribution in [0.2, 0.25) is 0 Å². The van der Waals surface area contributed by atoms with Crippen LogP contribution in [0.5, 0.6) is 0 Å². The number of carbonyl (C=O) groups is 1. The SMILES string of the molecule is CC.CC1(C(=O)Cl)CC=CC1.